The second kappa shape index (κ2) is 9.06. The highest BCUT2D eigenvalue weighted by molar-refractivity contribution is 5.37. The van der Waals surface area contributed by atoms with Gasteiger partial charge in [-0.25, -0.2) is 0 Å². The van der Waals surface area contributed by atoms with E-state index in [4.69, 9.17) is 9.47 Å². The van der Waals surface area contributed by atoms with E-state index in [9.17, 15) is 0 Å². The van der Waals surface area contributed by atoms with Gasteiger partial charge in [-0.3, -0.25) is 0 Å². The summed E-state index contributed by atoms with van der Waals surface area (Å²) in [5, 5.41) is 3.68. The van der Waals surface area contributed by atoms with Crippen LogP contribution in [0.15, 0.2) is 24.3 Å². The molecule has 120 valence electrons. The number of benzene rings is 1. The molecule has 1 N–H and O–H groups in total. The van der Waals surface area contributed by atoms with Crippen molar-refractivity contribution < 1.29 is 9.47 Å². The standard InChI is InChI=1S/C18H31NO2/c1-6-14-19-17(18(7-2,8-3)21-9-4)15-12-10-11-13-16(15)20-5/h10-13,17,19H,6-9,14H2,1-5H3. The number of para-hydroxylation sites is 1. The first-order chi connectivity index (χ1) is 10.2. The molecule has 1 aromatic rings. The van der Waals surface area contributed by atoms with E-state index in [0.29, 0.717) is 0 Å². The molecule has 1 unspecified atom stereocenters. The van der Waals surface area contributed by atoms with Gasteiger partial charge in [-0.15, -0.1) is 0 Å². The zero-order valence-electron chi connectivity index (χ0n) is 14.2. The van der Waals surface area contributed by atoms with Crippen molar-refractivity contribution in [3.05, 3.63) is 29.8 Å². The van der Waals surface area contributed by atoms with Crippen LogP contribution in [-0.4, -0.2) is 25.9 Å². The van der Waals surface area contributed by atoms with Gasteiger partial charge in [-0.2, -0.15) is 0 Å². The predicted molar refractivity (Wildman–Crippen MR) is 89.0 cm³/mol. The van der Waals surface area contributed by atoms with Crippen LogP contribution in [0.2, 0.25) is 0 Å². The number of rotatable bonds is 10. The molecule has 0 amide bonds. The van der Waals surface area contributed by atoms with Crippen LogP contribution in [0.25, 0.3) is 0 Å². The van der Waals surface area contributed by atoms with Crippen molar-refractivity contribution in [1.82, 2.24) is 5.32 Å². The molecule has 0 saturated heterocycles. The quantitative estimate of drug-likeness (QED) is 0.696. The van der Waals surface area contributed by atoms with Gasteiger partial charge >= 0.3 is 0 Å². The molecule has 0 aliphatic carbocycles. The molecule has 3 heteroatoms. The van der Waals surface area contributed by atoms with Crippen molar-refractivity contribution in [3.63, 3.8) is 0 Å². The summed E-state index contributed by atoms with van der Waals surface area (Å²) in [6.07, 6.45) is 3.04. The highest BCUT2D eigenvalue weighted by atomic mass is 16.5. The van der Waals surface area contributed by atoms with E-state index in [0.717, 1.165) is 38.2 Å². The van der Waals surface area contributed by atoms with Crippen LogP contribution in [0.4, 0.5) is 0 Å². The smallest absolute Gasteiger partial charge is 0.123 e. The van der Waals surface area contributed by atoms with E-state index in [2.05, 4.69) is 45.1 Å². The van der Waals surface area contributed by atoms with Crippen LogP contribution >= 0.6 is 0 Å². The average Bonchev–Trinajstić information content (AvgIpc) is 2.54. The zero-order chi connectivity index (χ0) is 15.7. The van der Waals surface area contributed by atoms with Gasteiger partial charge in [0.25, 0.3) is 0 Å². The van der Waals surface area contributed by atoms with Crippen LogP contribution in [0.3, 0.4) is 0 Å². The Hall–Kier alpha value is -1.06. The number of methoxy groups -OCH3 is 1. The maximum absolute atomic E-state index is 6.22. The van der Waals surface area contributed by atoms with Gasteiger partial charge in [0.1, 0.15) is 5.75 Å². The van der Waals surface area contributed by atoms with Crippen molar-refractivity contribution in [3.8, 4) is 5.75 Å². The van der Waals surface area contributed by atoms with E-state index >= 15 is 0 Å². The van der Waals surface area contributed by atoms with Gasteiger partial charge in [0.15, 0.2) is 0 Å². The molecule has 0 fully saturated rings. The SMILES string of the molecule is CCCNC(c1ccccc1OC)C(CC)(CC)OCC. The molecule has 0 aromatic heterocycles. The van der Waals surface area contributed by atoms with Gasteiger partial charge in [-0.1, -0.05) is 39.0 Å². The fourth-order valence-electron chi connectivity index (χ4n) is 3.01. The predicted octanol–water partition coefficient (Wildman–Crippen LogP) is 4.33. The summed E-state index contributed by atoms with van der Waals surface area (Å²) in [4.78, 5) is 0. The lowest BCUT2D eigenvalue weighted by Gasteiger charge is -2.40. The van der Waals surface area contributed by atoms with Crippen molar-refractivity contribution in [1.29, 1.82) is 0 Å². The lowest BCUT2D eigenvalue weighted by atomic mass is 9.83. The molecule has 0 radical (unpaired) electrons. The lowest BCUT2D eigenvalue weighted by molar-refractivity contribution is -0.0736. The highest BCUT2D eigenvalue weighted by Crippen LogP contribution is 2.39. The van der Waals surface area contributed by atoms with Crippen LogP contribution in [-0.2, 0) is 4.74 Å². The second-order valence-corrected chi connectivity index (χ2v) is 5.33. The van der Waals surface area contributed by atoms with Gasteiger partial charge < -0.3 is 14.8 Å². The Balaban J connectivity index is 3.25. The fraction of sp³-hybridized carbons (Fsp3) is 0.667. The normalized spacial score (nSPS) is 13.2. The first kappa shape index (κ1) is 18.0. The molecule has 0 spiro atoms. The molecule has 1 aromatic carbocycles. The molecule has 0 aliphatic rings. The molecular weight excluding hydrogens is 262 g/mol. The molecule has 1 atom stereocenters. The molecule has 0 aliphatic heterocycles. The summed E-state index contributed by atoms with van der Waals surface area (Å²) in [5.41, 5.74) is 0.990. The zero-order valence-corrected chi connectivity index (χ0v) is 14.2. The molecule has 1 rings (SSSR count). The Morgan fingerprint density at radius 1 is 1.10 bits per heavy atom. The van der Waals surface area contributed by atoms with E-state index in [1.165, 1.54) is 5.56 Å². The van der Waals surface area contributed by atoms with E-state index in [1.807, 2.05) is 12.1 Å². The first-order valence-corrected chi connectivity index (χ1v) is 8.19. The summed E-state index contributed by atoms with van der Waals surface area (Å²) in [7, 11) is 1.73. The van der Waals surface area contributed by atoms with Crippen molar-refractivity contribution in [2.75, 3.05) is 20.3 Å². The number of hydrogen-bond donors (Lipinski definition) is 1. The van der Waals surface area contributed by atoms with E-state index < -0.39 is 0 Å². The molecule has 0 heterocycles. The van der Waals surface area contributed by atoms with Gasteiger partial charge in [0, 0.05) is 12.2 Å². The Morgan fingerprint density at radius 2 is 1.76 bits per heavy atom. The van der Waals surface area contributed by atoms with Gasteiger partial charge in [-0.05, 0) is 38.8 Å². The van der Waals surface area contributed by atoms with Crippen LogP contribution < -0.4 is 10.1 Å². The third kappa shape index (κ3) is 4.21. The molecule has 21 heavy (non-hydrogen) atoms. The van der Waals surface area contributed by atoms with Crippen molar-refractivity contribution in [2.45, 2.75) is 58.6 Å². The minimum absolute atomic E-state index is 0.142. The van der Waals surface area contributed by atoms with Crippen LogP contribution in [0.1, 0.15) is 58.6 Å². The van der Waals surface area contributed by atoms with Crippen molar-refractivity contribution >= 4 is 0 Å². The molecular formula is C18H31NO2. The monoisotopic (exact) mass is 293 g/mol. The summed E-state index contributed by atoms with van der Waals surface area (Å²) in [6.45, 7) is 10.4. The molecule has 3 nitrogen and oxygen atoms in total. The topological polar surface area (TPSA) is 30.5 Å². The summed E-state index contributed by atoms with van der Waals surface area (Å²) in [6, 6.07) is 8.40. The first-order valence-electron chi connectivity index (χ1n) is 8.19. The highest BCUT2D eigenvalue weighted by Gasteiger charge is 2.38. The van der Waals surface area contributed by atoms with E-state index in [1.54, 1.807) is 7.11 Å². The van der Waals surface area contributed by atoms with Crippen LogP contribution in [0, 0.1) is 0 Å². The van der Waals surface area contributed by atoms with Crippen molar-refractivity contribution in [2.24, 2.45) is 0 Å². The Morgan fingerprint density at radius 3 is 2.29 bits per heavy atom. The van der Waals surface area contributed by atoms with Gasteiger partial charge in [0.05, 0.1) is 18.8 Å². The molecule has 0 bridgehead atoms. The minimum atomic E-state index is -0.196. The van der Waals surface area contributed by atoms with Gasteiger partial charge in [0.2, 0.25) is 0 Å². The average molecular weight is 293 g/mol. The number of ether oxygens (including phenoxy) is 2. The third-order valence-electron chi connectivity index (χ3n) is 4.20. The third-order valence-corrected chi connectivity index (χ3v) is 4.20. The number of hydrogen-bond acceptors (Lipinski definition) is 3. The summed E-state index contributed by atoms with van der Waals surface area (Å²) >= 11 is 0. The minimum Gasteiger partial charge on any atom is -0.496 e. The fourth-order valence-corrected chi connectivity index (χ4v) is 3.01. The van der Waals surface area contributed by atoms with E-state index in [-0.39, 0.29) is 11.6 Å². The summed E-state index contributed by atoms with van der Waals surface area (Å²) in [5.74, 6) is 0.928. The lowest BCUT2D eigenvalue weighted by Crippen LogP contribution is -2.46. The second-order valence-electron chi connectivity index (χ2n) is 5.33. The Bertz CT molecular complexity index is 402. The largest absolute Gasteiger partial charge is 0.496 e. The maximum Gasteiger partial charge on any atom is 0.123 e. The number of nitrogens with one attached hydrogen (secondary N) is 1. The van der Waals surface area contributed by atoms with Crippen LogP contribution in [0.5, 0.6) is 5.75 Å². The summed E-state index contributed by atoms with van der Waals surface area (Å²) < 4.78 is 11.8. The Kier molecular flexibility index (Phi) is 7.76. The molecule has 0 saturated carbocycles. The maximum atomic E-state index is 6.22. The Labute approximate surface area is 130 Å².